The average molecular weight is 272 g/mol. The third-order valence-electron chi connectivity index (χ3n) is 5.15. The Balaban J connectivity index is 1.40. The monoisotopic (exact) mass is 272 g/mol. The van der Waals surface area contributed by atoms with E-state index in [0.717, 1.165) is 17.9 Å². The van der Waals surface area contributed by atoms with Gasteiger partial charge in [0.15, 0.2) is 0 Å². The summed E-state index contributed by atoms with van der Waals surface area (Å²) < 4.78 is 0. The number of rotatable bonds is 4. The van der Waals surface area contributed by atoms with Crippen molar-refractivity contribution in [3.63, 3.8) is 0 Å². The molecular weight excluding hydrogens is 244 g/mol. The van der Waals surface area contributed by atoms with Gasteiger partial charge in [0, 0.05) is 6.04 Å². The summed E-state index contributed by atoms with van der Waals surface area (Å²) in [5.41, 5.74) is 1.55. The van der Waals surface area contributed by atoms with Crippen LogP contribution in [0.5, 0.6) is 0 Å². The zero-order valence-corrected chi connectivity index (χ0v) is 12.5. The first-order chi connectivity index (χ1) is 9.92. The SMILES string of the molecule is c1ccc(C2CCC(NCC3CCNCC3)CC2)cc1. The van der Waals surface area contributed by atoms with E-state index in [1.165, 1.54) is 58.2 Å². The largest absolute Gasteiger partial charge is 0.317 e. The molecule has 20 heavy (non-hydrogen) atoms. The summed E-state index contributed by atoms with van der Waals surface area (Å²) in [6.07, 6.45) is 8.12. The molecule has 2 nitrogen and oxygen atoms in total. The van der Waals surface area contributed by atoms with Crippen LogP contribution in [0.1, 0.15) is 50.0 Å². The highest BCUT2D eigenvalue weighted by Gasteiger charge is 2.22. The molecule has 1 heterocycles. The Morgan fingerprint density at radius 3 is 2.30 bits per heavy atom. The minimum Gasteiger partial charge on any atom is -0.317 e. The summed E-state index contributed by atoms with van der Waals surface area (Å²) in [4.78, 5) is 0. The molecule has 1 saturated heterocycles. The molecule has 1 saturated carbocycles. The molecule has 3 rings (SSSR count). The lowest BCUT2D eigenvalue weighted by Gasteiger charge is -2.31. The molecule has 2 fully saturated rings. The van der Waals surface area contributed by atoms with Crippen LogP contribution in [0.3, 0.4) is 0 Å². The van der Waals surface area contributed by atoms with Gasteiger partial charge in [-0.1, -0.05) is 30.3 Å². The fourth-order valence-electron chi connectivity index (χ4n) is 3.78. The van der Waals surface area contributed by atoms with E-state index in [-0.39, 0.29) is 0 Å². The van der Waals surface area contributed by atoms with Crippen LogP contribution in [-0.4, -0.2) is 25.7 Å². The molecular formula is C18H28N2. The Bertz CT molecular complexity index is 376. The van der Waals surface area contributed by atoms with E-state index in [2.05, 4.69) is 41.0 Å². The van der Waals surface area contributed by atoms with E-state index in [1.807, 2.05) is 0 Å². The summed E-state index contributed by atoms with van der Waals surface area (Å²) in [5, 5.41) is 7.28. The van der Waals surface area contributed by atoms with Crippen LogP contribution < -0.4 is 10.6 Å². The topological polar surface area (TPSA) is 24.1 Å². The van der Waals surface area contributed by atoms with E-state index in [1.54, 1.807) is 5.56 Å². The van der Waals surface area contributed by atoms with Crippen LogP contribution in [0.4, 0.5) is 0 Å². The molecule has 0 atom stereocenters. The van der Waals surface area contributed by atoms with Gasteiger partial charge in [-0.25, -0.2) is 0 Å². The second-order valence-electron chi connectivity index (χ2n) is 6.56. The van der Waals surface area contributed by atoms with E-state index >= 15 is 0 Å². The summed E-state index contributed by atoms with van der Waals surface area (Å²) in [7, 11) is 0. The molecule has 2 heteroatoms. The Kier molecular flexibility index (Phi) is 5.10. The Morgan fingerprint density at radius 1 is 0.900 bits per heavy atom. The van der Waals surface area contributed by atoms with Gasteiger partial charge in [-0.15, -0.1) is 0 Å². The van der Waals surface area contributed by atoms with Gasteiger partial charge in [0.25, 0.3) is 0 Å². The Hall–Kier alpha value is -0.860. The van der Waals surface area contributed by atoms with Gasteiger partial charge < -0.3 is 10.6 Å². The van der Waals surface area contributed by atoms with Crippen molar-refractivity contribution in [2.24, 2.45) is 5.92 Å². The predicted molar refractivity (Wildman–Crippen MR) is 85.0 cm³/mol. The fourth-order valence-corrected chi connectivity index (χ4v) is 3.78. The maximum Gasteiger partial charge on any atom is 0.00676 e. The second-order valence-corrected chi connectivity index (χ2v) is 6.56. The molecule has 110 valence electrons. The van der Waals surface area contributed by atoms with Crippen LogP contribution >= 0.6 is 0 Å². The Labute approximate surface area is 123 Å². The molecule has 0 bridgehead atoms. The average Bonchev–Trinajstić information content (AvgIpc) is 2.55. The van der Waals surface area contributed by atoms with Crippen LogP contribution in [-0.2, 0) is 0 Å². The minimum atomic E-state index is 0.768. The maximum absolute atomic E-state index is 3.84. The number of nitrogens with one attached hydrogen (secondary N) is 2. The van der Waals surface area contributed by atoms with E-state index in [0.29, 0.717) is 0 Å². The summed E-state index contributed by atoms with van der Waals surface area (Å²) >= 11 is 0. The zero-order chi connectivity index (χ0) is 13.6. The molecule has 2 aliphatic rings. The summed E-state index contributed by atoms with van der Waals surface area (Å²) in [6.45, 7) is 3.67. The van der Waals surface area contributed by atoms with Crippen LogP contribution in [0.25, 0.3) is 0 Å². The first-order valence-corrected chi connectivity index (χ1v) is 8.41. The van der Waals surface area contributed by atoms with Crippen molar-refractivity contribution in [3.8, 4) is 0 Å². The van der Waals surface area contributed by atoms with Crippen molar-refractivity contribution in [3.05, 3.63) is 35.9 Å². The molecule has 0 radical (unpaired) electrons. The van der Waals surface area contributed by atoms with Crippen molar-refractivity contribution in [2.75, 3.05) is 19.6 Å². The standard InChI is InChI=1S/C18H28N2/c1-2-4-16(5-3-1)17-6-8-18(9-7-17)20-14-15-10-12-19-13-11-15/h1-5,15,17-20H,6-14H2. The first-order valence-electron chi connectivity index (χ1n) is 8.41. The van der Waals surface area contributed by atoms with Crippen molar-refractivity contribution >= 4 is 0 Å². The number of piperidine rings is 1. The molecule has 0 spiro atoms. The van der Waals surface area contributed by atoms with E-state index < -0.39 is 0 Å². The number of benzene rings is 1. The molecule has 1 aliphatic heterocycles. The summed E-state index contributed by atoms with van der Waals surface area (Å²) in [6, 6.07) is 11.8. The lowest BCUT2D eigenvalue weighted by atomic mass is 9.81. The van der Waals surface area contributed by atoms with Crippen LogP contribution in [0.2, 0.25) is 0 Å². The van der Waals surface area contributed by atoms with E-state index in [9.17, 15) is 0 Å². The van der Waals surface area contributed by atoms with Gasteiger partial charge in [-0.3, -0.25) is 0 Å². The van der Waals surface area contributed by atoms with Gasteiger partial charge >= 0.3 is 0 Å². The first kappa shape index (κ1) is 14.1. The number of hydrogen-bond acceptors (Lipinski definition) is 2. The van der Waals surface area contributed by atoms with Gasteiger partial charge in [-0.05, 0) is 75.6 Å². The van der Waals surface area contributed by atoms with Crippen LogP contribution in [0, 0.1) is 5.92 Å². The third kappa shape index (κ3) is 3.83. The molecule has 0 unspecified atom stereocenters. The van der Waals surface area contributed by atoms with Crippen molar-refractivity contribution in [1.29, 1.82) is 0 Å². The molecule has 1 aromatic rings. The van der Waals surface area contributed by atoms with Crippen LogP contribution in [0.15, 0.2) is 30.3 Å². The molecule has 0 aromatic heterocycles. The normalized spacial score (nSPS) is 28.4. The van der Waals surface area contributed by atoms with Crippen molar-refractivity contribution < 1.29 is 0 Å². The lowest BCUT2D eigenvalue weighted by molar-refractivity contribution is 0.296. The third-order valence-corrected chi connectivity index (χ3v) is 5.15. The molecule has 2 N–H and O–H groups in total. The van der Waals surface area contributed by atoms with E-state index in [4.69, 9.17) is 0 Å². The van der Waals surface area contributed by atoms with Crippen molar-refractivity contribution in [1.82, 2.24) is 10.6 Å². The number of hydrogen-bond donors (Lipinski definition) is 2. The Morgan fingerprint density at radius 2 is 1.60 bits per heavy atom. The quantitative estimate of drug-likeness (QED) is 0.879. The van der Waals surface area contributed by atoms with Gasteiger partial charge in [-0.2, -0.15) is 0 Å². The van der Waals surface area contributed by atoms with Crippen molar-refractivity contribution in [2.45, 2.75) is 50.5 Å². The highest BCUT2D eigenvalue weighted by molar-refractivity contribution is 5.20. The summed E-state index contributed by atoms with van der Waals surface area (Å²) in [5.74, 6) is 1.70. The minimum absolute atomic E-state index is 0.768. The highest BCUT2D eigenvalue weighted by Crippen LogP contribution is 2.32. The predicted octanol–water partition coefficient (Wildman–Crippen LogP) is 3.30. The second kappa shape index (κ2) is 7.24. The van der Waals surface area contributed by atoms with Gasteiger partial charge in [0.2, 0.25) is 0 Å². The molecule has 1 aromatic carbocycles. The zero-order valence-electron chi connectivity index (χ0n) is 12.5. The highest BCUT2D eigenvalue weighted by atomic mass is 14.9. The molecule has 1 aliphatic carbocycles. The maximum atomic E-state index is 3.84. The smallest absolute Gasteiger partial charge is 0.00676 e. The fraction of sp³-hybridized carbons (Fsp3) is 0.667. The lowest BCUT2D eigenvalue weighted by Crippen LogP contribution is -2.39. The molecule has 0 amide bonds. The van der Waals surface area contributed by atoms with Gasteiger partial charge in [0.1, 0.15) is 0 Å². The van der Waals surface area contributed by atoms with Gasteiger partial charge in [0.05, 0.1) is 0 Å².